The largest absolute Gasteiger partial charge is 0.451 e. The van der Waals surface area contributed by atoms with E-state index in [0.717, 1.165) is 37.6 Å². The van der Waals surface area contributed by atoms with Crippen LogP contribution in [0, 0.1) is 0 Å². The van der Waals surface area contributed by atoms with Crippen LogP contribution in [0.4, 0.5) is 0 Å². The van der Waals surface area contributed by atoms with Gasteiger partial charge >= 0.3 is 0 Å². The summed E-state index contributed by atoms with van der Waals surface area (Å²) in [6.07, 6.45) is 11.0. The number of carbonyl (C=O) groups is 2. The van der Waals surface area contributed by atoms with Crippen LogP contribution in [0.5, 0.6) is 0 Å². The Bertz CT molecular complexity index is 991. The summed E-state index contributed by atoms with van der Waals surface area (Å²) in [6.45, 7) is 0.356. The molecule has 1 fully saturated rings. The van der Waals surface area contributed by atoms with Gasteiger partial charge in [0, 0.05) is 24.3 Å². The number of rotatable bonds is 6. The predicted molar refractivity (Wildman–Crippen MR) is 106 cm³/mol. The van der Waals surface area contributed by atoms with Gasteiger partial charge in [-0.3, -0.25) is 19.6 Å². The molecule has 0 saturated heterocycles. The van der Waals surface area contributed by atoms with E-state index in [-0.39, 0.29) is 18.2 Å². The fraction of sp³-hybridized carbons (Fsp3) is 0.381. The Morgan fingerprint density at radius 2 is 1.93 bits per heavy atom. The van der Waals surface area contributed by atoms with E-state index in [1.807, 2.05) is 6.07 Å². The highest BCUT2D eigenvalue weighted by atomic mass is 16.3. The number of oxazole rings is 1. The number of fused-ring (bicyclic) bond motifs is 1. The first-order valence-electron chi connectivity index (χ1n) is 9.81. The third-order valence-electron chi connectivity index (χ3n) is 5.37. The molecule has 0 aliphatic heterocycles. The van der Waals surface area contributed by atoms with Gasteiger partial charge in [0.15, 0.2) is 6.39 Å². The zero-order chi connectivity index (χ0) is 20.1. The van der Waals surface area contributed by atoms with Crippen LogP contribution in [0.25, 0.3) is 10.9 Å². The van der Waals surface area contributed by atoms with Crippen molar-refractivity contribution in [3.63, 3.8) is 0 Å². The lowest BCUT2D eigenvalue weighted by Crippen LogP contribution is -2.57. The van der Waals surface area contributed by atoms with Crippen LogP contribution in [0.15, 0.2) is 47.7 Å². The minimum absolute atomic E-state index is 0.123. The molecule has 8 heteroatoms. The average Bonchev–Trinajstić information content (AvgIpc) is 3.25. The SMILES string of the molecule is O=C(Cc1cocn1)NC1(CNC(=O)c2nccc3ncccc23)CCCCC1. The Morgan fingerprint density at radius 3 is 2.72 bits per heavy atom. The van der Waals surface area contributed by atoms with E-state index in [1.165, 1.54) is 12.7 Å². The normalized spacial score (nSPS) is 15.7. The molecule has 1 saturated carbocycles. The lowest BCUT2D eigenvalue weighted by molar-refractivity contribution is -0.122. The smallest absolute Gasteiger partial charge is 0.270 e. The van der Waals surface area contributed by atoms with E-state index < -0.39 is 5.54 Å². The highest BCUT2D eigenvalue weighted by Crippen LogP contribution is 2.28. The fourth-order valence-electron chi connectivity index (χ4n) is 3.92. The Labute approximate surface area is 168 Å². The van der Waals surface area contributed by atoms with Crippen molar-refractivity contribution in [2.75, 3.05) is 6.54 Å². The summed E-state index contributed by atoms with van der Waals surface area (Å²) < 4.78 is 4.93. The standard InChI is InChI=1S/C21H23N5O3/c27-18(11-15-12-29-14-25-15)26-21(7-2-1-3-8-21)13-24-20(28)19-16-5-4-9-22-17(16)6-10-23-19/h4-6,9-10,12,14H,1-3,7-8,11,13H2,(H,24,28)(H,26,27). The summed E-state index contributed by atoms with van der Waals surface area (Å²) in [6, 6.07) is 5.40. The minimum Gasteiger partial charge on any atom is -0.451 e. The first kappa shape index (κ1) is 19.0. The molecular weight excluding hydrogens is 370 g/mol. The molecule has 4 rings (SSSR count). The van der Waals surface area contributed by atoms with Gasteiger partial charge in [0.25, 0.3) is 5.91 Å². The Morgan fingerprint density at radius 1 is 1.07 bits per heavy atom. The van der Waals surface area contributed by atoms with Crippen molar-refractivity contribution in [3.05, 3.63) is 54.6 Å². The summed E-state index contributed by atoms with van der Waals surface area (Å²) >= 11 is 0. The fourth-order valence-corrected chi connectivity index (χ4v) is 3.92. The quantitative estimate of drug-likeness (QED) is 0.665. The van der Waals surface area contributed by atoms with Gasteiger partial charge in [0.2, 0.25) is 5.91 Å². The molecule has 0 bridgehead atoms. The van der Waals surface area contributed by atoms with Crippen molar-refractivity contribution in [1.82, 2.24) is 25.6 Å². The van der Waals surface area contributed by atoms with E-state index in [9.17, 15) is 9.59 Å². The lowest BCUT2D eigenvalue weighted by atomic mass is 9.81. The molecule has 0 atom stereocenters. The Kier molecular flexibility index (Phi) is 5.50. The minimum atomic E-state index is -0.461. The zero-order valence-electron chi connectivity index (χ0n) is 16.1. The van der Waals surface area contributed by atoms with E-state index in [2.05, 4.69) is 25.6 Å². The first-order valence-corrected chi connectivity index (χ1v) is 9.81. The van der Waals surface area contributed by atoms with Crippen molar-refractivity contribution >= 4 is 22.7 Å². The Balaban J connectivity index is 1.46. The highest BCUT2D eigenvalue weighted by Gasteiger charge is 2.34. The molecule has 3 aromatic heterocycles. The molecule has 0 unspecified atom stereocenters. The van der Waals surface area contributed by atoms with Crippen molar-refractivity contribution in [2.24, 2.45) is 0 Å². The Hall–Kier alpha value is -3.29. The number of hydrogen-bond acceptors (Lipinski definition) is 6. The number of pyridine rings is 2. The summed E-state index contributed by atoms with van der Waals surface area (Å²) in [4.78, 5) is 37.9. The van der Waals surface area contributed by atoms with Gasteiger partial charge in [-0.05, 0) is 31.0 Å². The van der Waals surface area contributed by atoms with E-state index in [1.54, 1.807) is 24.5 Å². The summed E-state index contributed by atoms with van der Waals surface area (Å²) in [7, 11) is 0. The van der Waals surface area contributed by atoms with Crippen LogP contribution in [0.2, 0.25) is 0 Å². The van der Waals surface area contributed by atoms with Crippen LogP contribution in [-0.4, -0.2) is 38.8 Å². The average molecular weight is 393 g/mol. The monoisotopic (exact) mass is 393 g/mol. The van der Waals surface area contributed by atoms with Gasteiger partial charge in [0.05, 0.1) is 23.2 Å². The number of carbonyl (C=O) groups excluding carboxylic acids is 2. The number of nitrogens with zero attached hydrogens (tertiary/aromatic N) is 3. The molecule has 0 radical (unpaired) electrons. The van der Waals surface area contributed by atoms with Crippen LogP contribution in [-0.2, 0) is 11.2 Å². The van der Waals surface area contributed by atoms with Gasteiger partial charge in [-0.25, -0.2) is 4.98 Å². The van der Waals surface area contributed by atoms with Gasteiger partial charge < -0.3 is 15.1 Å². The molecule has 2 N–H and O–H groups in total. The maximum atomic E-state index is 12.8. The molecule has 2 amide bonds. The highest BCUT2D eigenvalue weighted by molar-refractivity contribution is 6.04. The predicted octanol–water partition coefficient (Wildman–Crippen LogP) is 2.41. The van der Waals surface area contributed by atoms with Gasteiger partial charge in [-0.15, -0.1) is 0 Å². The van der Waals surface area contributed by atoms with Crippen LogP contribution in [0.1, 0.15) is 48.3 Å². The molecule has 0 aromatic carbocycles. The molecule has 29 heavy (non-hydrogen) atoms. The molecule has 150 valence electrons. The molecule has 0 spiro atoms. The van der Waals surface area contributed by atoms with Crippen LogP contribution < -0.4 is 10.6 Å². The van der Waals surface area contributed by atoms with Gasteiger partial charge in [-0.2, -0.15) is 0 Å². The maximum Gasteiger partial charge on any atom is 0.270 e. The molecule has 1 aliphatic carbocycles. The second-order valence-corrected chi connectivity index (χ2v) is 7.46. The van der Waals surface area contributed by atoms with Gasteiger partial charge in [0.1, 0.15) is 12.0 Å². The van der Waals surface area contributed by atoms with Crippen molar-refractivity contribution < 1.29 is 14.0 Å². The second-order valence-electron chi connectivity index (χ2n) is 7.46. The van der Waals surface area contributed by atoms with Gasteiger partial charge in [-0.1, -0.05) is 19.3 Å². The molecule has 3 aromatic rings. The topological polar surface area (TPSA) is 110 Å². The maximum absolute atomic E-state index is 12.8. The van der Waals surface area contributed by atoms with E-state index >= 15 is 0 Å². The van der Waals surface area contributed by atoms with Crippen molar-refractivity contribution in [2.45, 2.75) is 44.1 Å². The van der Waals surface area contributed by atoms with Crippen molar-refractivity contribution in [1.29, 1.82) is 0 Å². The number of hydrogen-bond donors (Lipinski definition) is 2. The van der Waals surface area contributed by atoms with Crippen molar-refractivity contribution in [3.8, 4) is 0 Å². The zero-order valence-corrected chi connectivity index (χ0v) is 16.1. The lowest BCUT2D eigenvalue weighted by Gasteiger charge is -2.38. The van der Waals surface area contributed by atoms with Crippen LogP contribution >= 0.6 is 0 Å². The number of nitrogens with one attached hydrogen (secondary N) is 2. The first-order chi connectivity index (χ1) is 14.2. The molecule has 3 heterocycles. The second kappa shape index (κ2) is 8.38. The van der Waals surface area contributed by atoms with Crippen LogP contribution in [0.3, 0.4) is 0 Å². The summed E-state index contributed by atoms with van der Waals surface area (Å²) in [5, 5.41) is 6.84. The third kappa shape index (κ3) is 4.42. The van der Waals surface area contributed by atoms with E-state index in [4.69, 9.17) is 4.42 Å². The third-order valence-corrected chi connectivity index (χ3v) is 5.37. The summed E-state index contributed by atoms with van der Waals surface area (Å²) in [5.74, 6) is -0.387. The number of aromatic nitrogens is 3. The molecule has 1 aliphatic rings. The number of amides is 2. The summed E-state index contributed by atoms with van der Waals surface area (Å²) in [5.41, 5.74) is 1.19. The van der Waals surface area contributed by atoms with E-state index in [0.29, 0.717) is 23.3 Å². The molecular formula is C21H23N5O3. The molecule has 8 nitrogen and oxygen atoms in total.